The Morgan fingerprint density at radius 3 is 1.34 bits per heavy atom. The summed E-state index contributed by atoms with van der Waals surface area (Å²) < 4.78 is 17.1. The molecule has 0 saturated carbocycles. The van der Waals surface area contributed by atoms with Crippen LogP contribution in [0.1, 0.15) is 48.5 Å². The van der Waals surface area contributed by atoms with Crippen LogP contribution in [-0.4, -0.2) is 113 Å². The quantitative estimate of drug-likeness (QED) is 0.118. The topological polar surface area (TPSA) is 281 Å². The Labute approximate surface area is 309 Å². The fourth-order valence-corrected chi connectivity index (χ4v) is 2.36. The first kappa shape index (κ1) is 53.7. The van der Waals surface area contributed by atoms with Crippen LogP contribution >= 0.6 is 0 Å². The Hall–Kier alpha value is -6.08. The Bertz CT molecular complexity index is 1420. The lowest BCUT2D eigenvalue weighted by Crippen LogP contribution is -2.30. The Balaban J connectivity index is -0.000000289. The first-order chi connectivity index (χ1) is 24.4. The number of carboxylic acids is 1. The fraction of sp³-hybridized carbons (Fsp3) is 0.529. The van der Waals surface area contributed by atoms with Crippen LogP contribution in [0, 0.1) is 36.0 Å². The summed E-state index contributed by atoms with van der Waals surface area (Å²) in [6.45, 7) is 13.6. The van der Waals surface area contributed by atoms with Gasteiger partial charge in [0.2, 0.25) is 5.91 Å². The summed E-state index contributed by atoms with van der Waals surface area (Å²) in [5.74, 6) is -0.223. The molecule has 19 heteroatoms. The number of aliphatic carboxylic acids is 1. The standard InChI is InChI=1S/C9H13N3O3.C9H13NO3.C6H7NO3.C4H10.C3H7NO2.C3H2O2/c1-9(2)4-6(11-12-9)8(14)10-5-7(13)15-3;1-9(2)4-6(9)8(12)10-5-7(11)13-3;1-3-5(8)7-4-6(9)10-2;1-4(2)3;1-6-3(5)2-4;1-2-3(4)5/h4H,5H2,1-3H3,(H,10,14);4H,5H2,1-3H3,(H,10,12);1H,4H2,2H3,(H,7,8);4H,1-3H3;2,4H2,1H3;1H,(H,4,5). The lowest BCUT2D eigenvalue weighted by Gasteiger charge is -2.05. The molecule has 0 radical (unpaired) electrons. The zero-order valence-corrected chi connectivity index (χ0v) is 32.0. The number of carboxylic acid groups (broad SMARTS) is 1. The smallest absolute Gasteiger partial charge is 0.381 e. The third-order valence-electron chi connectivity index (χ3n) is 5.01. The zero-order chi connectivity index (χ0) is 42.4. The van der Waals surface area contributed by atoms with Gasteiger partial charge >= 0.3 is 29.8 Å². The van der Waals surface area contributed by atoms with E-state index in [1.165, 1.54) is 34.4 Å². The Morgan fingerprint density at radius 2 is 1.09 bits per heavy atom. The van der Waals surface area contributed by atoms with Gasteiger partial charge in [-0.2, -0.15) is 5.11 Å². The monoisotopic (exact) mass is 752 g/mol. The highest BCUT2D eigenvalue weighted by molar-refractivity contribution is 6.01. The second kappa shape index (κ2) is 29.6. The molecule has 0 saturated heterocycles. The molecule has 0 fully saturated rings. The lowest BCUT2D eigenvalue weighted by molar-refractivity contribution is -0.141. The van der Waals surface area contributed by atoms with Crippen molar-refractivity contribution in [3.8, 4) is 24.7 Å². The number of carbonyl (C=O) groups is 8. The summed E-state index contributed by atoms with van der Waals surface area (Å²) in [6.07, 6.45) is 12.5. The van der Waals surface area contributed by atoms with Crippen LogP contribution < -0.4 is 21.7 Å². The average Bonchev–Trinajstić information content (AvgIpc) is 3.61. The van der Waals surface area contributed by atoms with E-state index in [9.17, 15) is 33.6 Å². The van der Waals surface area contributed by atoms with E-state index in [0.717, 1.165) is 11.5 Å². The number of hydrogen-bond donors (Lipinski definition) is 5. The van der Waals surface area contributed by atoms with Gasteiger partial charge in [0.15, 0.2) is 0 Å². The number of amides is 3. The number of terminal acetylenes is 2. The number of nitrogens with zero attached hydrogens (tertiary/aromatic N) is 2. The normalized spacial score (nSPS) is 12.6. The van der Waals surface area contributed by atoms with E-state index in [1.54, 1.807) is 12.0 Å². The van der Waals surface area contributed by atoms with Gasteiger partial charge in [0.25, 0.3) is 11.8 Å². The number of carbonyl (C=O) groups excluding carboxylic acids is 7. The van der Waals surface area contributed by atoms with Crippen LogP contribution in [0.3, 0.4) is 0 Å². The summed E-state index contributed by atoms with van der Waals surface area (Å²) in [6, 6.07) is 0. The van der Waals surface area contributed by atoms with Gasteiger partial charge in [-0.05, 0) is 31.8 Å². The summed E-state index contributed by atoms with van der Waals surface area (Å²) in [5, 5.41) is 22.1. The van der Waals surface area contributed by atoms with Crippen LogP contribution in [0.4, 0.5) is 0 Å². The minimum absolute atomic E-state index is 0.0312. The van der Waals surface area contributed by atoms with Crippen molar-refractivity contribution in [2.45, 2.75) is 54.0 Å². The van der Waals surface area contributed by atoms with E-state index in [4.69, 9.17) is 15.6 Å². The Morgan fingerprint density at radius 1 is 0.736 bits per heavy atom. The van der Waals surface area contributed by atoms with Crippen molar-refractivity contribution in [1.82, 2.24) is 16.0 Å². The van der Waals surface area contributed by atoms with Crippen LogP contribution in [0.5, 0.6) is 0 Å². The van der Waals surface area contributed by atoms with E-state index in [0.29, 0.717) is 0 Å². The number of esters is 4. The van der Waals surface area contributed by atoms with Crippen molar-refractivity contribution in [3.05, 3.63) is 23.4 Å². The van der Waals surface area contributed by atoms with Crippen molar-refractivity contribution in [1.29, 1.82) is 0 Å². The molecule has 1 aliphatic carbocycles. The van der Waals surface area contributed by atoms with Crippen LogP contribution in [0.15, 0.2) is 33.7 Å². The van der Waals surface area contributed by atoms with Gasteiger partial charge in [-0.1, -0.05) is 40.7 Å². The van der Waals surface area contributed by atoms with Gasteiger partial charge in [0, 0.05) is 16.9 Å². The van der Waals surface area contributed by atoms with Gasteiger partial charge in [0.1, 0.15) is 25.3 Å². The molecule has 0 aromatic carbocycles. The highest BCUT2D eigenvalue weighted by atomic mass is 16.5. The molecular weight excluding hydrogens is 700 g/mol. The molecule has 2 rings (SSSR count). The molecule has 0 aromatic heterocycles. The molecule has 2 aliphatic rings. The van der Waals surface area contributed by atoms with Gasteiger partial charge in [-0.15, -0.1) is 18.0 Å². The first-order valence-corrected chi connectivity index (χ1v) is 15.3. The molecule has 0 bridgehead atoms. The molecule has 6 N–H and O–H groups in total. The number of rotatable bonds is 9. The molecule has 1 heterocycles. The second-order valence-corrected chi connectivity index (χ2v) is 11.5. The third kappa shape index (κ3) is 34.2. The number of methoxy groups -OCH3 is 4. The molecule has 3 amide bonds. The highest BCUT2D eigenvalue weighted by Crippen LogP contribution is 2.42. The van der Waals surface area contributed by atoms with Gasteiger partial charge in [-0.3, -0.25) is 33.6 Å². The summed E-state index contributed by atoms with van der Waals surface area (Å²) >= 11 is 0. The largest absolute Gasteiger partial charge is 0.472 e. The maximum atomic E-state index is 11.4. The fourth-order valence-electron chi connectivity index (χ4n) is 2.36. The van der Waals surface area contributed by atoms with E-state index in [1.807, 2.05) is 33.8 Å². The molecule has 0 unspecified atom stereocenters. The van der Waals surface area contributed by atoms with Crippen molar-refractivity contribution in [3.63, 3.8) is 0 Å². The molecule has 53 heavy (non-hydrogen) atoms. The predicted molar refractivity (Wildman–Crippen MR) is 191 cm³/mol. The lowest BCUT2D eigenvalue weighted by atomic mass is 10.1. The predicted octanol–water partition coefficient (Wildman–Crippen LogP) is 0.0391. The number of hydrogen-bond acceptors (Lipinski definition) is 15. The summed E-state index contributed by atoms with van der Waals surface area (Å²) in [5.41, 5.74) is 5.22. The van der Waals surface area contributed by atoms with Crippen molar-refractivity contribution >= 4 is 47.6 Å². The molecule has 296 valence electrons. The zero-order valence-electron chi connectivity index (χ0n) is 32.0. The first-order valence-electron chi connectivity index (χ1n) is 15.3. The molecule has 0 aromatic rings. The second-order valence-electron chi connectivity index (χ2n) is 11.5. The minimum Gasteiger partial charge on any atom is -0.472 e. The number of ether oxygens (including phenoxy) is 4. The molecule has 1 aliphatic heterocycles. The van der Waals surface area contributed by atoms with Crippen molar-refractivity contribution in [2.75, 3.05) is 54.6 Å². The highest BCUT2D eigenvalue weighted by Gasteiger charge is 2.38. The number of allylic oxidation sites excluding steroid dienone is 1. The van der Waals surface area contributed by atoms with E-state index in [2.05, 4.69) is 78.7 Å². The average molecular weight is 753 g/mol. The van der Waals surface area contributed by atoms with Crippen molar-refractivity contribution < 1.29 is 62.4 Å². The van der Waals surface area contributed by atoms with Crippen molar-refractivity contribution in [2.24, 2.45) is 27.3 Å². The number of nitrogens with one attached hydrogen (secondary N) is 3. The maximum Gasteiger partial charge on any atom is 0.381 e. The molecule has 0 spiro atoms. The Kier molecular flexibility index (Phi) is 30.0. The number of nitrogens with two attached hydrogens (primary N) is 1. The van der Waals surface area contributed by atoms with E-state index >= 15 is 0 Å². The third-order valence-corrected chi connectivity index (χ3v) is 5.01. The molecule has 0 atom stereocenters. The van der Waals surface area contributed by atoms with Gasteiger partial charge in [-0.25, -0.2) is 4.79 Å². The van der Waals surface area contributed by atoms with E-state index in [-0.39, 0.29) is 49.2 Å². The maximum absolute atomic E-state index is 11.4. The molecular formula is C34H52N6O13. The van der Waals surface area contributed by atoms with E-state index < -0.39 is 41.2 Å². The van der Waals surface area contributed by atoms with Crippen LogP contribution in [0.25, 0.3) is 0 Å². The van der Waals surface area contributed by atoms with Gasteiger partial charge < -0.3 is 45.7 Å². The van der Waals surface area contributed by atoms with Gasteiger partial charge in [0.05, 0.1) is 40.5 Å². The molecule has 19 nitrogen and oxygen atoms in total. The SMILES string of the molecule is C#CC(=O)NCC(=O)OC.C#CC(=O)O.CC(C)C.COC(=O)CN.COC(=O)CNC(=O)C1=CC(C)(C)N=N1.COC(=O)CNC(=O)C1=CC1(C)C. The number of azo groups is 1. The minimum atomic E-state index is -1.22. The van der Waals surface area contributed by atoms with Crippen LogP contribution in [0.2, 0.25) is 0 Å². The summed E-state index contributed by atoms with van der Waals surface area (Å²) in [4.78, 5) is 83.6. The van der Waals surface area contributed by atoms with Crippen LogP contribution in [-0.2, 0) is 57.3 Å². The summed E-state index contributed by atoms with van der Waals surface area (Å²) in [7, 11) is 5.07.